The lowest BCUT2D eigenvalue weighted by Gasteiger charge is -2.09. The molecule has 16 heavy (non-hydrogen) atoms. The fourth-order valence-corrected chi connectivity index (χ4v) is 1.36. The number of carboxylic acid groups (broad SMARTS) is 1. The minimum Gasteiger partial charge on any atom is -0.481 e. The molecule has 1 rings (SSSR count). The van der Waals surface area contributed by atoms with Gasteiger partial charge >= 0.3 is 5.97 Å². The standard InChI is InChI=1S/C10H8F2N2O2/c1-5-7(3-9(15)16)8(10(11)12)2-6(4-13)14-5/h2,10H,3H2,1H3,(H,15,16). The number of rotatable bonds is 3. The van der Waals surface area contributed by atoms with E-state index in [1.165, 1.54) is 6.92 Å². The highest BCUT2D eigenvalue weighted by Gasteiger charge is 2.19. The van der Waals surface area contributed by atoms with Gasteiger partial charge in [0.1, 0.15) is 11.8 Å². The number of aromatic nitrogens is 1. The van der Waals surface area contributed by atoms with E-state index in [1.807, 2.05) is 0 Å². The van der Waals surface area contributed by atoms with Gasteiger partial charge in [-0.05, 0) is 18.6 Å². The maximum Gasteiger partial charge on any atom is 0.307 e. The van der Waals surface area contributed by atoms with Crippen LogP contribution in [0.15, 0.2) is 6.07 Å². The molecule has 1 N–H and O–H groups in total. The average molecular weight is 226 g/mol. The fraction of sp³-hybridized carbons (Fsp3) is 0.300. The molecule has 0 fully saturated rings. The molecule has 1 aromatic heterocycles. The summed E-state index contributed by atoms with van der Waals surface area (Å²) in [5, 5.41) is 17.2. The minimum atomic E-state index is -2.82. The van der Waals surface area contributed by atoms with E-state index in [-0.39, 0.29) is 17.0 Å². The molecule has 0 saturated carbocycles. The molecule has 4 nitrogen and oxygen atoms in total. The second-order valence-corrected chi connectivity index (χ2v) is 3.14. The summed E-state index contributed by atoms with van der Waals surface area (Å²) in [5.41, 5.74) is -0.452. The molecular weight excluding hydrogens is 218 g/mol. The van der Waals surface area contributed by atoms with Crippen molar-refractivity contribution in [2.24, 2.45) is 0 Å². The maximum absolute atomic E-state index is 12.6. The monoisotopic (exact) mass is 226 g/mol. The Hall–Kier alpha value is -2.03. The molecule has 0 aromatic carbocycles. The van der Waals surface area contributed by atoms with E-state index in [0.717, 1.165) is 6.07 Å². The number of aliphatic carboxylic acids is 1. The Bertz CT molecular complexity index is 467. The van der Waals surface area contributed by atoms with Crippen LogP contribution in [0.3, 0.4) is 0 Å². The number of nitrogens with zero attached hydrogens (tertiary/aromatic N) is 2. The first kappa shape index (κ1) is 12.0. The van der Waals surface area contributed by atoms with Gasteiger partial charge in [-0.2, -0.15) is 5.26 Å². The van der Waals surface area contributed by atoms with Gasteiger partial charge in [0.15, 0.2) is 0 Å². The predicted octanol–water partition coefficient (Wildman–Crippen LogP) is 1.83. The van der Waals surface area contributed by atoms with E-state index >= 15 is 0 Å². The molecule has 0 radical (unpaired) electrons. The lowest BCUT2D eigenvalue weighted by molar-refractivity contribution is -0.136. The number of pyridine rings is 1. The number of carboxylic acids is 1. The van der Waals surface area contributed by atoms with Crippen molar-refractivity contribution in [3.63, 3.8) is 0 Å². The Morgan fingerprint density at radius 3 is 2.75 bits per heavy atom. The molecule has 0 spiro atoms. The molecule has 1 aromatic rings. The summed E-state index contributed by atoms with van der Waals surface area (Å²) in [7, 11) is 0. The van der Waals surface area contributed by atoms with Crippen LogP contribution in [-0.2, 0) is 11.2 Å². The van der Waals surface area contributed by atoms with Crippen LogP contribution in [0.2, 0.25) is 0 Å². The molecule has 0 atom stereocenters. The maximum atomic E-state index is 12.6. The molecule has 0 amide bonds. The minimum absolute atomic E-state index is 0.0264. The molecule has 6 heteroatoms. The summed E-state index contributed by atoms with van der Waals surface area (Å²) >= 11 is 0. The van der Waals surface area contributed by atoms with Crippen molar-refractivity contribution in [1.82, 2.24) is 4.98 Å². The largest absolute Gasteiger partial charge is 0.481 e. The molecule has 0 aliphatic heterocycles. The van der Waals surface area contributed by atoms with Gasteiger partial charge in [-0.25, -0.2) is 13.8 Å². The highest BCUT2D eigenvalue weighted by atomic mass is 19.3. The Morgan fingerprint density at radius 2 is 2.31 bits per heavy atom. The highest BCUT2D eigenvalue weighted by molar-refractivity contribution is 5.71. The summed E-state index contributed by atoms with van der Waals surface area (Å²) in [5.74, 6) is -1.21. The van der Waals surface area contributed by atoms with Crippen molar-refractivity contribution >= 4 is 5.97 Å². The smallest absolute Gasteiger partial charge is 0.307 e. The number of carbonyl (C=O) groups is 1. The molecule has 0 unspecified atom stereocenters. The van der Waals surface area contributed by atoms with Gasteiger partial charge in [-0.15, -0.1) is 0 Å². The van der Waals surface area contributed by atoms with Crippen molar-refractivity contribution in [3.8, 4) is 6.07 Å². The Labute approximate surface area is 90.2 Å². The fourth-order valence-electron chi connectivity index (χ4n) is 1.36. The number of hydrogen-bond acceptors (Lipinski definition) is 3. The predicted molar refractivity (Wildman–Crippen MR) is 50.0 cm³/mol. The molecule has 1 heterocycles. The number of nitriles is 1. The van der Waals surface area contributed by atoms with Crippen molar-refractivity contribution in [1.29, 1.82) is 5.26 Å². The highest BCUT2D eigenvalue weighted by Crippen LogP contribution is 2.25. The zero-order chi connectivity index (χ0) is 12.3. The van der Waals surface area contributed by atoms with E-state index in [2.05, 4.69) is 4.98 Å². The van der Waals surface area contributed by atoms with Crippen molar-refractivity contribution in [3.05, 3.63) is 28.6 Å². The summed E-state index contributed by atoms with van der Waals surface area (Å²) in [6.07, 6.45) is -3.34. The Kier molecular flexibility index (Phi) is 3.51. The van der Waals surface area contributed by atoms with Crippen LogP contribution < -0.4 is 0 Å². The second-order valence-electron chi connectivity index (χ2n) is 3.14. The topological polar surface area (TPSA) is 74.0 Å². The van der Waals surface area contributed by atoms with Crippen LogP contribution in [0.25, 0.3) is 0 Å². The zero-order valence-electron chi connectivity index (χ0n) is 8.37. The van der Waals surface area contributed by atoms with Gasteiger partial charge in [-0.1, -0.05) is 0 Å². The molecule has 0 saturated heterocycles. The Balaban J connectivity index is 3.35. The molecule has 0 bridgehead atoms. The normalized spacial score (nSPS) is 10.2. The number of alkyl halides is 2. The van der Waals surface area contributed by atoms with Crippen LogP contribution in [0.1, 0.15) is 28.9 Å². The molecular formula is C10H8F2N2O2. The van der Waals surface area contributed by atoms with E-state index in [0.29, 0.717) is 0 Å². The van der Waals surface area contributed by atoms with Gasteiger partial charge in [0.2, 0.25) is 0 Å². The SMILES string of the molecule is Cc1nc(C#N)cc(C(F)F)c1CC(=O)O. The third-order valence-electron chi connectivity index (χ3n) is 2.04. The first-order chi connectivity index (χ1) is 7.45. The van der Waals surface area contributed by atoms with Crippen molar-refractivity contribution < 1.29 is 18.7 Å². The summed E-state index contributed by atoms with van der Waals surface area (Å²) in [6.45, 7) is 1.41. The summed E-state index contributed by atoms with van der Waals surface area (Å²) in [6, 6.07) is 2.58. The van der Waals surface area contributed by atoms with Crippen molar-refractivity contribution in [2.75, 3.05) is 0 Å². The summed E-state index contributed by atoms with van der Waals surface area (Å²) < 4.78 is 25.3. The number of halogens is 2. The van der Waals surface area contributed by atoms with Gasteiger partial charge in [0, 0.05) is 11.3 Å². The van der Waals surface area contributed by atoms with Crippen molar-refractivity contribution in [2.45, 2.75) is 19.8 Å². The van der Waals surface area contributed by atoms with E-state index in [9.17, 15) is 13.6 Å². The number of hydrogen-bond donors (Lipinski definition) is 1. The third kappa shape index (κ3) is 2.51. The van der Waals surface area contributed by atoms with E-state index < -0.39 is 24.4 Å². The molecule has 84 valence electrons. The first-order valence-corrected chi connectivity index (χ1v) is 4.36. The molecule has 0 aliphatic carbocycles. The van der Waals surface area contributed by atoms with Crippen LogP contribution in [-0.4, -0.2) is 16.1 Å². The van der Waals surface area contributed by atoms with E-state index in [1.54, 1.807) is 6.07 Å². The molecule has 0 aliphatic rings. The van der Waals surface area contributed by atoms with Crippen LogP contribution >= 0.6 is 0 Å². The second kappa shape index (κ2) is 4.66. The third-order valence-corrected chi connectivity index (χ3v) is 2.04. The lowest BCUT2D eigenvalue weighted by Crippen LogP contribution is -2.08. The van der Waals surface area contributed by atoms with Crippen LogP contribution in [0.4, 0.5) is 8.78 Å². The first-order valence-electron chi connectivity index (χ1n) is 4.36. The zero-order valence-corrected chi connectivity index (χ0v) is 8.37. The van der Waals surface area contributed by atoms with Gasteiger partial charge in [-0.3, -0.25) is 4.79 Å². The van der Waals surface area contributed by atoms with Gasteiger partial charge in [0.05, 0.1) is 6.42 Å². The average Bonchev–Trinajstić information content (AvgIpc) is 2.19. The Morgan fingerprint density at radius 1 is 1.69 bits per heavy atom. The van der Waals surface area contributed by atoms with Crippen LogP contribution in [0, 0.1) is 18.3 Å². The van der Waals surface area contributed by atoms with E-state index in [4.69, 9.17) is 10.4 Å². The lowest BCUT2D eigenvalue weighted by atomic mass is 10.0. The van der Waals surface area contributed by atoms with Gasteiger partial charge < -0.3 is 5.11 Å². The van der Waals surface area contributed by atoms with Crippen LogP contribution in [0.5, 0.6) is 0 Å². The quantitative estimate of drug-likeness (QED) is 0.853. The number of aryl methyl sites for hydroxylation is 1. The summed E-state index contributed by atoms with van der Waals surface area (Å²) in [4.78, 5) is 14.2. The van der Waals surface area contributed by atoms with Gasteiger partial charge in [0.25, 0.3) is 6.43 Å².